The van der Waals surface area contributed by atoms with Crippen molar-refractivity contribution in [1.82, 2.24) is 0 Å². The number of alkyl halides is 6. The number of carbonyl (C=O) groups is 1. The van der Waals surface area contributed by atoms with Crippen LogP contribution in [0.2, 0.25) is 5.02 Å². The van der Waals surface area contributed by atoms with Crippen molar-refractivity contribution in [2.75, 3.05) is 31.7 Å². The van der Waals surface area contributed by atoms with Crippen LogP contribution in [0.15, 0.2) is 36.4 Å². The fourth-order valence-corrected chi connectivity index (χ4v) is 3.14. The highest BCUT2D eigenvalue weighted by molar-refractivity contribution is 7.46. The number of anilines is 1. The molecular weight excluding hydrogens is 535 g/mol. The molecule has 1 fully saturated rings. The Balaban J connectivity index is 0.000000625. The molecule has 0 atom stereocenters. The van der Waals surface area contributed by atoms with Crippen molar-refractivity contribution < 1.29 is 59.5 Å². The van der Waals surface area contributed by atoms with Crippen LogP contribution in [0.4, 0.5) is 32.0 Å². The predicted molar refractivity (Wildman–Crippen MR) is 110 cm³/mol. The van der Waals surface area contributed by atoms with Gasteiger partial charge >= 0.3 is 20.2 Å². The van der Waals surface area contributed by atoms with Gasteiger partial charge in [-0.3, -0.25) is 14.6 Å². The third-order valence-corrected chi connectivity index (χ3v) is 4.66. The lowest BCUT2D eigenvalue weighted by atomic mass is 10.1. The smallest absolute Gasteiger partial charge is 0.403 e. The molecule has 2 aromatic rings. The highest BCUT2D eigenvalue weighted by Gasteiger charge is 2.37. The Kier molecular flexibility index (Phi) is 9.56. The second kappa shape index (κ2) is 11.6. The number of nitrogens with one attached hydrogen (secondary N) is 1. The molecule has 1 aliphatic heterocycles. The first-order valence-corrected chi connectivity index (χ1v) is 11.3. The minimum atomic E-state index is -5.13. The lowest BCUT2D eigenvalue weighted by Gasteiger charge is -2.16. The van der Waals surface area contributed by atoms with Crippen LogP contribution in [0.1, 0.15) is 21.5 Å². The van der Waals surface area contributed by atoms with Crippen LogP contribution in [0.25, 0.3) is 0 Å². The van der Waals surface area contributed by atoms with Gasteiger partial charge < -0.3 is 19.3 Å². The second-order valence-corrected chi connectivity index (χ2v) is 8.30. The molecule has 0 saturated carbocycles. The summed E-state index contributed by atoms with van der Waals surface area (Å²) < 4.78 is 103. The van der Waals surface area contributed by atoms with E-state index in [1.807, 2.05) is 0 Å². The molecule has 3 rings (SSSR count). The molecule has 1 heterocycles. The number of hydrogen-bond donors (Lipinski definition) is 3. The van der Waals surface area contributed by atoms with E-state index in [1.165, 1.54) is 0 Å². The summed E-state index contributed by atoms with van der Waals surface area (Å²) in [6.07, 6.45) is -10.3. The highest BCUT2D eigenvalue weighted by Crippen LogP contribution is 2.41. The van der Waals surface area contributed by atoms with E-state index < -0.39 is 54.2 Å². The van der Waals surface area contributed by atoms with Crippen LogP contribution >= 0.6 is 19.4 Å². The molecular formula is C19H17ClF6NO7P. The standard InChI is InChI=1S/C15H9ClF6NO5P.C4H8O2/c16-9-1-2-12(28-29(25,26)27)11(6-9)13(24)23-10-4-7(14(17,18)19)3-8(5-10)15(20,21)22;1-2-6-4-3-5-1/h1-6H,(H,23,24)(H2,25,26,27);1-4H2. The Hall–Kier alpha value is -2.35. The van der Waals surface area contributed by atoms with Gasteiger partial charge in [0.15, 0.2) is 0 Å². The second-order valence-electron chi connectivity index (χ2n) is 6.70. The van der Waals surface area contributed by atoms with E-state index in [0.717, 1.165) is 44.6 Å². The minimum absolute atomic E-state index is 0.117. The quantitative estimate of drug-likeness (QED) is 0.356. The Bertz CT molecular complexity index is 1040. The number of hydrogen-bond acceptors (Lipinski definition) is 5. The molecule has 0 spiro atoms. The number of rotatable bonds is 4. The monoisotopic (exact) mass is 551 g/mol. The van der Waals surface area contributed by atoms with Gasteiger partial charge in [0, 0.05) is 10.7 Å². The van der Waals surface area contributed by atoms with E-state index in [4.69, 9.17) is 30.9 Å². The predicted octanol–water partition coefficient (Wildman–Crippen LogP) is 5.13. The number of halogens is 7. The molecule has 194 valence electrons. The fraction of sp³-hybridized carbons (Fsp3) is 0.316. The minimum Gasteiger partial charge on any atom is -0.403 e. The summed E-state index contributed by atoms with van der Waals surface area (Å²) >= 11 is 5.68. The lowest BCUT2D eigenvalue weighted by Crippen LogP contribution is -2.16. The molecule has 3 N–H and O–H groups in total. The number of ether oxygens (including phenoxy) is 2. The van der Waals surface area contributed by atoms with Crippen molar-refractivity contribution in [3.63, 3.8) is 0 Å². The van der Waals surface area contributed by atoms with Crippen LogP contribution in [0.5, 0.6) is 5.75 Å². The van der Waals surface area contributed by atoms with Gasteiger partial charge in [0.05, 0.1) is 43.1 Å². The summed E-state index contributed by atoms with van der Waals surface area (Å²) in [6, 6.07) is 3.25. The van der Waals surface area contributed by atoms with Crippen LogP contribution in [-0.4, -0.2) is 42.1 Å². The van der Waals surface area contributed by atoms with Crippen LogP contribution in [0.3, 0.4) is 0 Å². The Morgan fingerprint density at radius 3 is 1.80 bits per heavy atom. The van der Waals surface area contributed by atoms with Gasteiger partial charge in [0.2, 0.25) is 0 Å². The van der Waals surface area contributed by atoms with Crippen LogP contribution in [-0.2, 0) is 26.4 Å². The van der Waals surface area contributed by atoms with E-state index in [1.54, 1.807) is 5.32 Å². The maximum Gasteiger partial charge on any atom is 0.524 e. The number of benzene rings is 2. The Morgan fingerprint density at radius 1 is 0.914 bits per heavy atom. The van der Waals surface area contributed by atoms with Crippen molar-refractivity contribution in [3.8, 4) is 5.75 Å². The molecule has 2 aromatic carbocycles. The molecule has 0 radical (unpaired) electrons. The number of phosphoric ester groups is 1. The van der Waals surface area contributed by atoms with E-state index in [0.29, 0.717) is 0 Å². The zero-order valence-corrected chi connectivity index (χ0v) is 19.0. The van der Waals surface area contributed by atoms with E-state index in [9.17, 15) is 35.7 Å². The van der Waals surface area contributed by atoms with Gasteiger partial charge in [-0.25, -0.2) is 4.57 Å². The fourth-order valence-electron chi connectivity index (χ4n) is 2.55. The lowest BCUT2D eigenvalue weighted by molar-refractivity contribution is -0.143. The van der Waals surface area contributed by atoms with Gasteiger partial charge in [-0.2, -0.15) is 26.3 Å². The first kappa shape index (κ1) is 28.9. The third-order valence-electron chi connectivity index (χ3n) is 3.99. The zero-order chi connectivity index (χ0) is 26.4. The number of carbonyl (C=O) groups excluding carboxylic acids is 1. The average Bonchev–Trinajstić information content (AvgIpc) is 2.74. The van der Waals surface area contributed by atoms with Gasteiger partial charge in [0.1, 0.15) is 5.75 Å². The first-order valence-electron chi connectivity index (χ1n) is 9.37. The zero-order valence-electron chi connectivity index (χ0n) is 17.3. The average molecular weight is 552 g/mol. The topological polar surface area (TPSA) is 114 Å². The molecule has 1 aliphatic rings. The largest absolute Gasteiger partial charge is 0.524 e. The molecule has 0 aliphatic carbocycles. The summed E-state index contributed by atoms with van der Waals surface area (Å²) in [5, 5.41) is 1.69. The number of amides is 1. The van der Waals surface area contributed by atoms with Crippen molar-refractivity contribution >= 4 is 31.0 Å². The Morgan fingerprint density at radius 2 is 1.40 bits per heavy atom. The summed E-state index contributed by atoms with van der Waals surface area (Å²) in [6.45, 7) is 3.11. The summed E-state index contributed by atoms with van der Waals surface area (Å²) in [4.78, 5) is 30.1. The van der Waals surface area contributed by atoms with Crippen LogP contribution in [0, 0.1) is 0 Å². The maximum absolute atomic E-state index is 12.9. The van der Waals surface area contributed by atoms with Crippen molar-refractivity contribution in [1.29, 1.82) is 0 Å². The SMILES string of the molecule is C1COCCO1.O=C(Nc1cc(C(F)(F)F)cc(C(F)(F)F)c1)c1cc(Cl)ccc1OP(=O)(O)O. The summed E-state index contributed by atoms with van der Waals surface area (Å²) in [5.41, 5.74) is -4.83. The molecule has 1 amide bonds. The van der Waals surface area contributed by atoms with E-state index >= 15 is 0 Å². The maximum atomic E-state index is 12.9. The molecule has 16 heteroatoms. The molecule has 0 bridgehead atoms. The van der Waals surface area contributed by atoms with Crippen LogP contribution < -0.4 is 9.84 Å². The summed E-state index contributed by atoms with van der Waals surface area (Å²) in [7, 11) is -5.13. The molecule has 1 saturated heterocycles. The first-order chi connectivity index (χ1) is 16.1. The van der Waals surface area contributed by atoms with Crippen molar-refractivity contribution in [2.45, 2.75) is 12.4 Å². The molecule has 35 heavy (non-hydrogen) atoms. The van der Waals surface area contributed by atoms with E-state index in [2.05, 4.69) is 4.52 Å². The normalized spacial score (nSPS) is 14.5. The molecule has 8 nitrogen and oxygen atoms in total. The van der Waals surface area contributed by atoms with Gasteiger partial charge in [-0.1, -0.05) is 11.6 Å². The summed E-state index contributed by atoms with van der Waals surface area (Å²) in [5.74, 6) is -2.01. The van der Waals surface area contributed by atoms with Crippen molar-refractivity contribution in [2.24, 2.45) is 0 Å². The number of phosphoric acid groups is 1. The van der Waals surface area contributed by atoms with Gasteiger partial charge in [-0.15, -0.1) is 0 Å². The van der Waals surface area contributed by atoms with Gasteiger partial charge in [-0.05, 0) is 36.4 Å². The third kappa shape index (κ3) is 9.67. The highest BCUT2D eigenvalue weighted by atomic mass is 35.5. The van der Waals surface area contributed by atoms with E-state index in [-0.39, 0.29) is 23.2 Å². The molecule has 0 unspecified atom stereocenters. The van der Waals surface area contributed by atoms with Crippen molar-refractivity contribution in [3.05, 3.63) is 58.1 Å². The molecule has 0 aromatic heterocycles. The van der Waals surface area contributed by atoms with Gasteiger partial charge in [0.25, 0.3) is 5.91 Å². The Labute approximate surface area is 199 Å².